The van der Waals surface area contributed by atoms with Crippen LogP contribution in [0.1, 0.15) is 27.2 Å². The highest BCUT2D eigenvalue weighted by Crippen LogP contribution is 2.28. The molecule has 2 aromatic carbocycles. The maximum absolute atomic E-state index is 13.0. The number of hydrogen-bond donors (Lipinski definition) is 0. The Morgan fingerprint density at radius 2 is 2.07 bits per heavy atom. The van der Waals surface area contributed by atoms with E-state index in [2.05, 4.69) is 4.90 Å². The molecule has 0 spiro atoms. The summed E-state index contributed by atoms with van der Waals surface area (Å²) in [6.45, 7) is 1.50. The number of benzene rings is 2. The molecule has 7 nitrogen and oxygen atoms in total. The Bertz CT molecular complexity index is 1080. The third-order valence-corrected chi connectivity index (χ3v) is 4.93. The molecule has 1 aromatic heterocycles. The molecule has 1 aliphatic heterocycles. The van der Waals surface area contributed by atoms with Crippen LogP contribution in [0.3, 0.4) is 0 Å². The van der Waals surface area contributed by atoms with Crippen molar-refractivity contribution in [2.75, 3.05) is 13.6 Å². The Hall–Kier alpha value is -3.32. The van der Waals surface area contributed by atoms with Gasteiger partial charge in [0.05, 0.1) is 16.0 Å². The molecule has 3 aromatic rings. The van der Waals surface area contributed by atoms with Gasteiger partial charge in [0.1, 0.15) is 6.61 Å². The number of pyridine rings is 1. The van der Waals surface area contributed by atoms with E-state index < -0.39 is 10.9 Å². The molecule has 0 radical (unpaired) electrons. The first-order valence-electron chi connectivity index (χ1n) is 9.02. The summed E-state index contributed by atoms with van der Waals surface area (Å²) in [5.41, 5.74) is 3.69. The molecule has 7 heteroatoms. The number of para-hydroxylation sites is 1. The molecular weight excluding hydrogens is 358 g/mol. The van der Waals surface area contributed by atoms with Crippen molar-refractivity contribution in [1.82, 2.24) is 9.88 Å². The first kappa shape index (κ1) is 18.1. The Morgan fingerprint density at radius 1 is 1.25 bits per heavy atom. The third kappa shape index (κ3) is 3.44. The molecule has 0 atom stereocenters. The number of hydrogen-bond acceptors (Lipinski definition) is 6. The van der Waals surface area contributed by atoms with Crippen molar-refractivity contribution in [1.29, 1.82) is 0 Å². The van der Waals surface area contributed by atoms with Crippen molar-refractivity contribution < 1.29 is 14.5 Å². The predicted molar refractivity (Wildman–Crippen MR) is 104 cm³/mol. The second kappa shape index (κ2) is 7.36. The van der Waals surface area contributed by atoms with Crippen molar-refractivity contribution >= 4 is 22.6 Å². The van der Waals surface area contributed by atoms with E-state index in [1.54, 1.807) is 12.1 Å². The van der Waals surface area contributed by atoms with E-state index in [4.69, 9.17) is 9.72 Å². The lowest BCUT2D eigenvalue weighted by molar-refractivity contribution is -0.384. The average Bonchev–Trinajstić information content (AvgIpc) is 2.70. The zero-order valence-corrected chi connectivity index (χ0v) is 15.4. The number of ether oxygens (including phenoxy) is 1. The fourth-order valence-corrected chi connectivity index (χ4v) is 3.54. The van der Waals surface area contributed by atoms with E-state index >= 15 is 0 Å². The van der Waals surface area contributed by atoms with Crippen LogP contribution in [0.15, 0.2) is 48.5 Å². The highest BCUT2D eigenvalue weighted by atomic mass is 16.6. The third-order valence-electron chi connectivity index (χ3n) is 4.93. The van der Waals surface area contributed by atoms with Gasteiger partial charge in [0.25, 0.3) is 5.69 Å². The van der Waals surface area contributed by atoms with Gasteiger partial charge in [-0.15, -0.1) is 0 Å². The summed E-state index contributed by atoms with van der Waals surface area (Å²) in [6, 6.07) is 13.7. The Labute approximate surface area is 161 Å². The van der Waals surface area contributed by atoms with Gasteiger partial charge in [-0.05, 0) is 18.7 Å². The van der Waals surface area contributed by atoms with Crippen LogP contribution in [0.2, 0.25) is 0 Å². The molecular formula is C21H19N3O4. The van der Waals surface area contributed by atoms with Gasteiger partial charge in [-0.1, -0.05) is 30.3 Å². The van der Waals surface area contributed by atoms with E-state index in [1.807, 2.05) is 31.3 Å². The molecule has 142 valence electrons. The smallest absolute Gasteiger partial charge is 0.339 e. The number of carbonyl (C=O) groups is 1. The first-order chi connectivity index (χ1) is 13.5. The van der Waals surface area contributed by atoms with Gasteiger partial charge in [0, 0.05) is 48.3 Å². The molecule has 0 amide bonds. The lowest BCUT2D eigenvalue weighted by Gasteiger charge is -2.26. The van der Waals surface area contributed by atoms with E-state index in [1.165, 1.54) is 12.1 Å². The number of aromatic nitrogens is 1. The minimum absolute atomic E-state index is 0.0260. The minimum atomic E-state index is -0.464. The number of carbonyl (C=O) groups excluding carboxylic acids is 1. The normalized spacial score (nSPS) is 13.9. The zero-order chi connectivity index (χ0) is 19.7. The molecule has 0 saturated heterocycles. The van der Waals surface area contributed by atoms with Crippen molar-refractivity contribution in [3.8, 4) is 0 Å². The number of fused-ring (bicyclic) bond motifs is 2. The van der Waals surface area contributed by atoms with Crippen LogP contribution in [-0.2, 0) is 24.3 Å². The topological polar surface area (TPSA) is 85.6 Å². The van der Waals surface area contributed by atoms with Crippen molar-refractivity contribution in [3.05, 3.63) is 81.0 Å². The number of rotatable bonds is 4. The second-order valence-corrected chi connectivity index (χ2v) is 6.92. The zero-order valence-electron chi connectivity index (χ0n) is 15.4. The number of non-ortho nitro benzene ring substituents is 1. The van der Waals surface area contributed by atoms with Crippen LogP contribution in [0.4, 0.5) is 5.69 Å². The van der Waals surface area contributed by atoms with Crippen molar-refractivity contribution in [3.63, 3.8) is 0 Å². The van der Waals surface area contributed by atoms with Crippen LogP contribution in [0.5, 0.6) is 0 Å². The number of nitro benzene ring substituents is 1. The summed E-state index contributed by atoms with van der Waals surface area (Å²) in [7, 11) is 2.01. The maximum Gasteiger partial charge on any atom is 0.339 e. The van der Waals surface area contributed by atoms with Crippen molar-refractivity contribution in [2.45, 2.75) is 19.6 Å². The summed E-state index contributed by atoms with van der Waals surface area (Å²) in [5, 5.41) is 11.7. The summed E-state index contributed by atoms with van der Waals surface area (Å²) in [5.74, 6) is -0.434. The molecule has 1 aliphatic rings. The molecule has 0 N–H and O–H groups in total. The first-order valence-corrected chi connectivity index (χ1v) is 9.02. The van der Waals surface area contributed by atoms with E-state index in [0.29, 0.717) is 17.7 Å². The van der Waals surface area contributed by atoms with Gasteiger partial charge in [0.15, 0.2) is 0 Å². The van der Waals surface area contributed by atoms with Gasteiger partial charge in [0.2, 0.25) is 0 Å². The number of nitrogens with zero attached hydrogens (tertiary/aromatic N) is 3. The summed E-state index contributed by atoms with van der Waals surface area (Å²) >= 11 is 0. The predicted octanol–water partition coefficient (Wildman–Crippen LogP) is 3.49. The molecule has 0 bridgehead atoms. The van der Waals surface area contributed by atoms with Gasteiger partial charge >= 0.3 is 5.97 Å². The van der Waals surface area contributed by atoms with E-state index in [-0.39, 0.29) is 12.3 Å². The molecule has 2 heterocycles. The van der Waals surface area contributed by atoms with Gasteiger partial charge < -0.3 is 9.64 Å². The standard InChI is InChI=1S/C21H19N3O4/c1-23-10-9-19-17(12-23)20(16-7-2-3-8-18(16)22-19)21(25)28-13-14-5-4-6-15(11-14)24(26)27/h2-8,11H,9-10,12-13H2,1H3. The van der Waals surface area contributed by atoms with Gasteiger partial charge in [-0.25, -0.2) is 4.79 Å². The van der Waals surface area contributed by atoms with Gasteiger partial charge in [-0.2, -0.15) is 0 Å². The second-order valence-electron chi connectivity index (χ2n) is 6.92. The molecule has 4 rings (SSSR count). The monoisotopic (exact) mass is 377 g/mol. The van der Waals surface area contributed by atoms with Crippen LogP contribution in [0, 0.1) is 10.1 Å². The SMILES string of the molecule is CN1CCc2nc3ccccc3c(C(=O)OCc3cccc([N+](=O)[O-])c3)c2C1. The molecule has 0 unspecified atom stereocenters. The summed E-state index contributed by atoms with van der Waals surface area (Å²) in [4.78, 5) is 30.4. The van der Waals surface area contributed by atoms with Crippen LogP contribution >= 0.6 is 0 Å². The maximum atomic E-state index is 13.0. The fraction of sp³-hybridized carbons (Fsp3) is 0.238. The Balaban J connectivity index is 1.68. The highest BCUT2D eigenvalue weighted by Gasteiger charge is 2.25. The van der Waals surface area contributed by atoms with E-state index in [9.17, 15) is 14.9 Å². The van der Waals surface area contributed by atoms with Crippen LogP contribution in [0.25, 0.3) is 10.9 Å². The molecule has 28 heavy (non-hydrogen) atoms. The lowest BCUT2D eigenvalue weighted by atomic mass is 9.96. The number of esters is 1. The summed E-state index contributed by atoms with van der Waals surface area (Å²) in [6.07, 6.45) is 0.780. The van der Waals surface area contributed by atoms with Gasteiger partial charge in [-0.3, -0.25) is 15.1 Å². The average molecular weight is 377 g/mol. The minimum Gasteiger partial charge on any atom is -0.457 e. The summed E-state index contributed by atoms with van der Waals surface area (Å²) < 4.78 is 5.55. The molecule has 0 aliphatic carbocycles. The largest absolute Gasteiger partial charge is 0.457 e. The van der Waals surface area contributed by atoms with E-state index in [0.717, 1.165) is 35.1 Å². The molecule has 0 fully saturated rings. The quantitative estimate of drug-likeness (QED) is 0.393. The van der Waals surface area contributed by atoms with Crippen LogP contribution in [-0.4, -0.2) is 34.4 Å². The lowest BCUT2D eigenvalue weighted by Crippen LogP contribution is -2.29. The number of likely N-dealkylation sites (N-methyl/N-ethyl adjacent to an activating group) is 1. The fourth-order valence-electron chi connectivity index (χ4n) is 3.54. The number of nitro groups is 1. The van der Waals surface area contributed by atoms with Crippen LogP contribution < -0.4 is 0 Å². The highest BCUT2D eigenvalue weighted by molar-refractivity contribution is 6.05. The van der Waals surface area contributed by atoms with Crippen molar-refractivity contribution in [2.24, 2.45) is 0 Å². The Kier molecular flexibility index (Phi) is 4.75. The Morgan fingerprint density at radius 3 is 2.89 bits per heavy atom. The molecule has 0 saturated carbocycles.